The number of nitrogens with zero attached hydrogens (tertiary/aromatic N) is 2. The first kappa shape index (κ1) is 14.1. The molecule has 1 fully saturated rings. The molecule has 1 unspecified atom stereocenters. The first-order valence-corrected chi connectivity index (χ1v) is 7.28. The van der Waals surface area contributed by atoms with Crippen LogP contribution in [-0.2, 0) is 4.74 Å². The molecule has 1 amide bonds. The number of nitrogens with two attached hydrogens (primary N) is 1. The molecule has 0 spiro atoms. The summed E-state index contributed by atoms with van der Waals surface area (Å²) >= 11 is 1.27. The number of likely N-dealkylation sites (N-methyl/N-ethyl adjacent to an activating group) is 1. The van der Waals surface area contributed by atoms with Gasteiger partial charge in [-0.2, -0.15) is 4.37 Å². The van der Waals surface area contributed by atoms with Crippen LogP contribution >= 0.6 is 11.5 Å². The van der Waals surface area contributed by atoms with Crippen LogP contribution in [0.3, 0.4) is 0 Å². The minimum Gasteiger partial charge on any atom is -0.382 e. The van der Waals surface area contributed by atoms with Gasteiger partial charge in [-0.05, 0) is 31.3 Å². The van der Waals surface area contributed by atoms with Crippen molar-refractivity contribution in [2.24, 2.45) is 0 Å². The fourth-order valence-electron chi connectivity index (χ4n) is 2.24. The molecular formula is C12H20N4O2S. The lowest BCUT2D eigenvalue weighted by Gasteiger charge is -2.25. The highest BCUT2D eigenvalue weighted by atomic mass is 32.1. The average Bonchev–Trinajstić information content (AvgIpc) is 3.04. The average molecular weight is 284 g/mol. The molecule has 0 aromatic carbocycles. The van der Waals surface area contributed by atoms with Gasteiger partial charge in [0.25, 0.3) is 5.91 Å². The quantitative estimate of drug-likeness (QED) is 0.846. The summed E-state index contributed by atoms with van der Waals surface area (Å²) in [7, 11) is 1.60. The summed E-state index contributed by atoms with van der Waals surface area (Å²) < 4.78 is 9.76. The SMILES string of the molecule is CCN(CC1CCCO1)c1snc(N)c1C(=O)NC. The highest BCUT2D eigenvalue weighted by Gasteiger charge is 2.25. The molecule has 7 heteroatoms. The molecule has 3 N–H and O–H groups in total. The number of nitrogen functional groups attached to an aromatic ring is 1. The van der Waals surface area contributed by atoms with Gasteiger partial charge in [-0.3, -0.25) is 4.79 Å². The molecule has 1 saturated heterocycles. The number of hydrogen-bond donors (Lipinski definition) is 2. The van der Waals surface area contributed by atoms with E-state index in [2.05, 4.69) is 21.5 Å². The minimum absolute atomic E-state index is 0.188. The van der Waals surface area contributed by atoms with E-state index < -0.39 is 0 Å². The monoisotopic (exact) mass is 284 g/mol. The predicted molar refractivity (Wildman–Crippen MR) is 76.8 cm³/mol. The van der Waals surface area contributed by atoms with Crippen molar-refractivity contribution in [1.82, 2.24) is 9.69 Å². The van der Waals surface area contributed by atoms with E-state index >= 15 is 0 Å². The first-order chi connectivity index (χ1) is 9.17. The van der Waals surface area contributed by atoms with Gasteiger partial charge < -0.3 is 20.7 Å². The van der Waals surface area contributed by atoms with E-state index in [1.165, 1.54) is 11.5 Å². The number of carbonyl (C=O) groups is 1. The molecule has 1 aromatic heterocycles. The lowest BCUT2D eigenvalue weighted by atomic mass is 10.2. The molecule has 1 atom stereocenters. The topological polar surface area (TPSA) is 80.5 Å². The fraction of sp³-hybridized carbons (Fsp3) is 0.667. The van der Waals surface area contributed by atoms with Crippen LogP contribution in [-0.4, -0.2) is 43.1 Å². The zero-order valence-electron chi connectivity index (χ0n) is 11.3. The van der Waals surface area contributed by atoms with Crippen LogP contribution in [0.15, 0.2) is 0 Å². The zero-order chi connectivity index (χ0) is 13.8. The van der Waals surface area contributed by atoms with Crippen molar-refractivity contribution in [2.75, 3.05) is 37.4 Å². The van der Waals surface area contributed by atoms with Crippen LogP contribution in [0.1, 0.15) is 30.1 Å². The van der Waals surface area contributed by atoms with E-state index in [1.807, 2.05) is 0 Å². The highest BCUT2D eigenvalue weighted by Crippen LogP contribution is 2.31. The van der Waals surface area contributed by atoms with Gasteiger partial charge in [-0.1, -0.05) is 0 Å². The number of carbonyl (C=O) groups excluding carboxylic acids is 1. The molecule has 0 bridgehead atoms. The van der Waals surface area contributed by atoms with Crippen LogP contribution in [0.25, 0.3) is 0 Å². The summed E-state index contributed by atoms with van der Waals surface area (Å²) in [6, 6.07) is 0. The molecule has 0 saturated carbocycles. The first-order valence-electron chi connectivity index (χ1n) is 6.51. The Hall–Kier alpha value is -1.34. The maximum atomic E-state index is 11.9. The zero-order valence-corrected chi connectivity index (χ0v) is 12.1. The number of hydrogen-bond acceptors (Lipinski definition) is 6. The van der Waals surface area contributed by atoms with Gasteiger partial charge in [0.1, 0.15) is 10.6 Å². The van der Waals surface area contributed by atoms with Crippen LogP contribution in [0.4, 0.5) is 10.8 Å². The molecule has 19 heavy (non-hydrogen) atoms. The normalized spacial score (nSPS) is 18.5. The Balaban J connectivity index is 2.19. The number of ether oxygens (including phenoxy) is 1. The Bertz CT molecular complexity index is 443. The summed E-state index contributed by atoms with van der Waals surface area (Å²) in [5, 5.41) is 3.44. The van der Waals surface area contributed by atoms with Gasteiger partial charge in [0.05, 0.1) is 6.10 Å². The van der Waals surface area contributed by atoms with E-state index in [0.717, 1.165) is 37.5 Å². The van der Waals surface area contributed by atoms with E-state index in [1.54, 1.807) is 7.05 Å². The summed E-state index contributed by atoms with van der Waals surface area (Å²) in [5.41, 5.74) is 6.28. The minimum atomic E-state index is -0.188. The van der Waals surface area contributed by atoms with Gasteiger partial charge in [-0.15, -0.1) is 0 Å². The van der Waals surface area contributed by atoms with Crippen LogP contribution < -0.4 is 16.0 Å². The summed E-state index contributed by atoms with van der Waals surface area (Å²) in [5.74, 6) is 0.109. The molecule has 0 radical (unpaired) electrons. The highest BCUT2D eigenvalue weighted by molar-refractivity contribution is 7.11. The number of aromatic nitrogens is 1. The second kappa shape index (κ2) is 6.21. The summed E-state index contributed by atoms with van der Waals surface area (Å²) in [4.78, 5) is 14.0. The molecule has 2 heterocycles. The number of anilines is 2. The van der Waals surface area contributed by atoms with Crippen molar-refractivity contribution >= 4 is 28.3 Å². The summed E-state index contributed by atoms with van der Waals surface area (Å²) in [6.07, 6.45) is 2.41. The smallest absolute Gasteiger partial charge is 0.257 e. The van der Waals surface area contributed by atoms with E-state index in [-0.39, 0.29) is 12.0 Å². The molecule has 106 valence electrons. The fourth-order valence-corrected chi connectivity index (χ4v) is 3.12. The molecule has 6 nitrogen and oxygen atoms in total. The maximum absolute atomic E-state index is 11.9. The molecule has 0 aliphatic carbocycles. The van der Waals surface area contributed by atoms with Gasteiger partial charge in [0, 0.05) is 26.7 Å². The number of nitrogens with one attached hydrogen (secondary N) is 1. The number of rotatable bonds is 5. The van der Waals surface area contributed by atoms with Gasteiger partial charge in [-0.25, -0.2) is 0 Å². The van der Waals surface area contributed by atoms with Crippen LogP contribution in [0, 0.1) is 0 Å². The molecule has 2 rings (SSSR count). The van der Waals surface area contributed by atoms with Gasteiger partial charge in [0.15, 0.2) is 5.82 Å². The van der Waals surface area contributed by atoms with E-state index in [9.17, 15) is 4.79 Å². The lowest BCUT2D eigenvalue weighted by molar-refractivity contribution is 0.0963. The Morgan fingerprint density at radius 1 is 1.68 bits per heavy atom. The summed E-state index contributed by atoms with van der Waals surface area (Å²) in [6.45, 7) is 4.46. The Morgan fingerprint density at radius 2 is 2.47 bits per heavy atom. The second-order valence-corrected chi connectivity index (χ2v) is 5.25. The largest absolute Gasteiger partial charge is 0.382 e. The Labute approximate surface area is 117 Å². The van der Waals surface area contributed by atoms with Crippen LogP contribution in [0.5, 0.6) is 0 Å². The third kappa shape index (κ3) is 2.98. The van der Waals surface area contributed by atoms with Crippen molar-refractivity contribution in [2.45, 2.75) is 25.9 Å². The van der Waals surface area contributed by atoms with Crippen molar-refractivity contribution < 1.29 is 9.53 Å². The number of amides is 1. The molecule has 1 aromatic rings. The Kier molecular flexibility index (Phi) is 4.60. The standard InChI is InChI=1S/C12H20N4O2S/c1-3-16(7-8-5-4-6-18-8)12-9(11(17)14-2)10(13)15-19-12/h8H,3-7H2,1-2H3,(H2,13,15)(H,14,17). The molecule has 1 aliphatic heterocycles. The second-order valence-electron chi connectivity index (χ2n) is 4.50. The Morgan fingerprint density at radius 3 is 3.05 bits per heavy atom. The van der Waals surface area contributed by atoms with Crippen LogP contribution in [0.2, 0.25) is 0 Å². The van der Waals surface area contributed by atoms with Crippen molar-refractivity contribution in [3.05, 3.63) is 5.56 Å². The van der Waals surface area contributed by atoms with E-state index in [0.29, 0.717) is 11.4 Å². The predicted octanol–water partition coefficient (Wildman–Crippen LogP) is 1.09. The van der Waals surface area contributed by atoms with E-state index in [4.69, 9.17) is 10.5 Å². The lowest BCUT2D eigenvalue weighted by Crippen LogP contribution is -2.33. The maximum Gasteiger partial charge on any atom is 0.257 e. The van der Waals surface area contributed by atoms with Gasteiger partial charge in [0.2, 0.25) is 0 Å². The van der Waals surface area contributed by atoms with Gasteiger partial charge >= 0.3 is 0 Å². The van der Waals surface area contributed by atoms with Crippen molar-refractivity contribution in [3.63, 3.8) is 0 Å². The third-order valence-electron chi connectivity index (χ3n) is 3.27. The molecule has 1 aliphatic rings. The molecular weight excluding hydrogens is 264 g/mol. The van der Waals surface area contributed by atoms with Crippen molar-refractivity contribution in [3.8, 4) is 0 Å². The third-order valence-corrected chi connectivity index (χ3v) is 4.19. The van der Waals surface area contributed by atoms with Crippen molar-refractivity contribution in [1.29, 1.82) is 0 Å².